The van der Waals surface area contributed by atoms with Crippen LogP contribution in [0.2, 0.25) is 232 Å². The van der Waals surface area contributed by atoms with Crippen LogP contribution < -0.4 is 0 Å². The summed E-state index contributed by atoms with van der Waals surface area (Å²) < 4.78 is 12.5. The lowest BCUT2D eigenvalue weighted by Crippen LogP contribution is -2.44. The molecule has 3 aliphatic carbocycles. The van der Waals surface area contributed by atoms with E-state index in [1.807, 2.05) is 0 Å². The van der Waals surface area contributed by atoms with Crippen molar-refractivity contribution in [2.45, 2.75) is 432 Å². The Labute approximate surface area is 568 Å². The molecule has 0 atom stereocenters. The molecule has 0 aromatic carbocycles. The highest BCUT2D eigenvalue weighted by Gasteiger charge is 2.37. The molecular formula is C75H180O2Si10. The molecule has 0 radical (unpaired) electrons. The summed E-state index contributed by atoms with van der Waals surface area (Å²) in [5.41, 5.74) is 3.04. The second kappa shape index (κ2) is 40.7. The summed E-state index contributed by atoms with van der Waals surface area (Å²) >= 11 is 0. The standard InChI is InChI=1S/C13H28Si.C11H24Si.C10H26OSi2.C10H22Si.C9H24OSi2.C8H20Si.2C7H18Si/c1-13(2,11-14(3,4)5)12-9-7-6-8-10-12;1-11(10-12(2,3)4)8-6-5-7-9-11;1-10(2,3)9-13(7,8)11-12(4,5)6;1-10(7-5-6-8-10)9-11(2,3)4;1-9(2)8-12(6,7)10-11(3,4)5;1-8(2,3)7-9(4,5)6;2*1-7(2)6-8(3,4)5/h12H,6-11H2,1-5H3;5-10H2,1-4H3;9H2,1-8H3;5-9H2,1-4H3;9H,8H2,1-7H3;7H2,1-6H3;2*7H,6H2,1-5H3. The predicted octanol–water partition coefficient (Wildman–Crippen LogP) is 30.3. The summed E-state index contributed by atoms with van der Waals surface area (Å²) in [6.07, 6.45) is 20.9. The van der Waals surface area contributed by atoms with Crippen LogP contribution in [0.25, 0.3) is 0 Å². The molecule has 0 N–H and O–H groups in total. The minimum Gasteiger partial charge on any atom is -0.456 e. The molecule has 3 aliphatic rings. The number of hydrogen-bond donors (Lipinski definition) is 0. The van der Waals surface area contributed by atoms with Gasteiger partial charge in [-0.3, -0.25) is 0 Å². The van der Waals surface area contributed by atoms with Gasteiger partial charge in [0, 0.05) is 48.4 Å². The fourth-order valence-electron chi connectivity index (χ4n) is 17.0. The Kier molecular flexibility index (Phi) is 45.8. The monoisotopic (exact) mass is 1390 g/mol. The van der Waals surface area contributed by atoms with Crippen LogP contribution in [-0.2, 0) is 8.23 Å². The summed E-state index contributed by atoms with van der Waals surface area (Å²) in [7, 11) is -10.1. The first kappa shape index (κ1) is 97.8. The van der Waals surface area contributed by atoms with Crippen LogP contribution in [-0.4, -0.2) is 81.7 Å². The first-order valence-corrected chi connectivity index (χ1v) is 72.4. The fourth-order valence-corrected chi connectivity index (χ4v) is 52.3. The van der Waals surface area contributed by atoms with Crippen molar-refractivity contribution in [2.24, 2.45) is 50.7 Å². The molecular weight excluding hydrogens is 1210 g/mol. The van der Waals surface area contributed by atoms with Crippen molar-refractivity contribution >= 4 is 81.7 Å². The van der Waals surface area contributed by atoms with E-state index < -0.39 is 81.7 Å². The highest BCUT2D eigenvalue weighted by atomic mass is 28.4. The van der Waals surface area contributed by atoms with Crippen LogP contribution in [0.4, 0.5) is 0 Å². The highest BCUT2D eigenvalue weighted by Crippen LogP contribution is 2.45. The van der Waals surface area contributed by atoms with E-state index in [9.17, 15) is 0 Å². The molecule has 0 aliphatic heterocycles. The van der Waals surface area contributed by atoms with Gasteiger partial charge in [-0.05, 0) is 167 Å². The Morgan fingerprint density at radius 2 is 0.586 bits per heavy atom. The van der Waals surface area contributed by atoms with Crippen LogP contribution in [0.5, 0.6) is 0 Å². The van der Waals surface area contributed by atoms with E-state index in [0.717, 1.165) is 34.5 Å². The average Bonchev–Trinajstić information content (AvgIpc) is 3.55. The SMILES string of the molecule is CC(C)(C)C[Si](C)(C)C.CC(C)(C)C[Si](C)(C)O[Si](C)(C)C.CC(C)(C[Si](C)(C)C)C1CCCCC1.CC(C)C[Si](C)(C)C.CC(C)C[Si](C)(C)C.CC(C)C[Si](C)(C)O[Si](C)(C)C.CC1(C[Si](C)(C)C)CCCC1.CC1(C[Si](C)(C)C)CCCCC1. The van der Waals surface area contributed by atoms with Crippen molar-refractivity contribution in [2.75, 3.05) is 0 Å². The maximum Gasteiger partial charge on any atom is 0.173 e. The first-order chi connectivity index (χ1) is 37.7. The van der Waals surface area contributed by atoms with E-state index in [2.05, 4.69) is 294 Å². The second-order valence-corrected chi connectivity index (χ2v) is 95.7. The van der Waals surface area contributed by atoms with Gasteiger partial charge in [0.25, 0.3) is 0 Å². The topological polar surface area (TPSA) is 18.5 Å². The molecule has 3 fully saturated rings. The van der Waals surface area contributed by atoms with E-state index in [1.165, 1.54) is 126 Å². The van der Waals surface area contributed by atoms with Crippen LogP contribution in [0.1, 0.15) is 201 Å². The zero-order chi connectivity index (χ0) is 70.8. The largest absolute Gasteiger partial charge is 0.456 e. The summed E-state index contributed by atoms with van der Waals surface area (Å²) in [6, 6.07) is 11.5. The van der Waals surface area contributed by atoms with Crippen molar-refractivity contribution in [3.05, 3.63) is 0 Å². The Hall–Kier alpha value is 2.09. The molecule has 0 spiro atoms. The van der Waals surface area contributed by atoms with Crippen molar-refractivity contribution < 1.29 is 8.23 Å². The molecule has 12 heteroatoms. The summed E-state index contributed by atoms with van der Waals surface area (Å²) in [5, 5.41) is 0. The minimum absolute atomic E-state index is 0.412. The van der Waals surface area contributed by atoms with Crippen LogP contribution in [0.15, 0.2) is 0 Å². The minimum atomic E-state index is -1.41. The summed E-state index contributed by atoms with van der Waals surface area (Å²) in [5.74, 6) is 3.61. The molecule has 3 rings (SSSR count). The molecule has 532 valence electrons. The van der Waals surface area contributed by atoms with Crippen LogP contribution in [0, 0.1) is 50.7 Å². The van der Waals surface area contributed by atoms with Crippen LogP contribution in [0.3, 0.4) is 0 Å². The molecule has 0 saturated heterocycles. The maximum absolute atomic E-state index is 6.28. The normalized spacial score (nSPS) is 17.7. The molecule has 0 amide bonds. The molecule has 0 unspecified atom stereocenters. The van der Waals surface area contributed by atoms with Crippen LogP contribution >= 0.6 is 0 Å². The quantitative estimate of drug-likeness (QED) is 0.120. The summed E-state index contributed by atoms with van der Waals surface area (Å²) in [6.45, 7) is 105. The maximum atomic E-state index is 6.28. The van der Waals surface area contributed by atoms with Gasteiger partial charge in [0.15, 0.2) is 33.3 Å². The van der Waals surface area contributed by atoms with Gasteiger partial charge < -0.3 is 8.23 Å². The highest BCUT2D eigenvalue weighted by molar-refractivity contribution is 6.85. The van der Waals surface area contributed by atoms with Gasteiger partial charge in [-0.15, -0.1) is 0 Å². The van der Waals surface area contributed by atoms with E-state index >= 15 is 0 Å². The van der Waals surface area contributed by atoms with E-state index in [4.69, 9.17) is 8.23 Å². The van der Waals surface area contributed by atoms with E-state index in [0.29, 0.717) is 16.2 Å². The van der Waals surface area contributed by atoms with Crippen molar-refractivity contribution in [3.8, 4) is 0 Å². The fraction of sp³-hybridized carbons (Fsp3) is 1.00. The van der Waals surface area contributed by atoms with Gasteiger partial charge in [-0.1, -0.05) is 316 Å². The van der Waals surface area contributed by atoms with Crippen molar-refractivity contribution in [1.82, 2.24) is 0 Å². The first-order valence-electron chi connectivity index (χ1n) is 37.1. The third-order valence-corrected chi connectivity index (χ3v) is 40.6. The lowest BCUT2D eigenvalue weighted by molar-refractivity contribution is 0.178. The van der Waals surface area contributed by atoms with Gasteiger partial charge in [-0.2, -0.15) is 0 Å². The smallest absolute Gasteiger partial charge is 0.173 e. The Morgan fingerprint density at radius 3 is 0.793 bits per heavy atom. The average molecular weight is 1400 g/mol. The van der Waals surface area contributed by atoms with Gasteiger partial charge in [0.2, 0.25) is 0 Å². The lowest BCUT2D eigenvalue weighted by atomic mass is 9.72. The zero-order valence-electron chi connectivity index (χ0n) is 70.2. The van der Waals surface area contributed by atoms with Crippen molar-refractivity contribution in [3.63, 3.8) is 0 Å². The molecule has 2 nitrogen and oxygen atoms in total. The van der Waals surface area contributed by atoms with Gasteiger partial charge in [0.05, 0.1) is 0 Å². The molecule has 0 bridgehead atoms. The molecule has 0 aromatic rings. The number of hydrogen-bond acceptors (Lipinski definition) is 2. The van der Waals surface area contributed by atoms with E-state index in [-0.39, 0.29) is 0 Å². The summed E-state index contributed by atoms with van der Waals surface area (Å²) in [4.78, 5) is 0. The Balaban J connectivity index is -0.000000297. The molecule has 87 heavy (non-hydrogen) atoms. The van der Waals surface area contributed by atoms with Gasteiger partial charge >= 0.3 is 0 Å². The second-order valence-electron chi connectivity index (χ2n) is 44.8. The van der Waals surface area contributed by atoms with Crippen molar-refractivity contribution in [1.29, 1.82) is 0 Å². The lowest BCUT2D eigenvalue weighted by Gasteiger charge is -2.40. The number of rotatable bonds is 19. The van der Waals surface area contributed by atoms with Gasteiger partial charge in [0.1, 0.15) is 0 Å². The predicted molar refractivity (Wildman–Crippen MR) is 444 cm³/mol. The molecule has 3 saturated carbocycles. The third kappa shape index (κ3) is 77.0. The molecule has 0 aromatic heterocycles. The zero-order valence-corrected chi connectivity index (χ0v) is 80.2. The Bertz CT molecular complexity index is 1630. The van der Waals surface area contributed by atoms with E-state index in [1.54, 1.807) is 12.1 Å². The third-order valence-electron chi connectivity index (χ3n) is 15.6. The van der Waals surface area contributed by atoms with Gasteiger partial charge in [-0.25, -0.2) is 0 Å². The Morgan fingerprint density at radius 1 is 0.322 bits per heavy atom. The molecule has 0 heterocycles.